The van der Waals surface area contributed by atoms with Crippen molar-refractivity contribution in [2.24, 2.45) is 10.9 Å². The average Bonchev–Trinajstić information content (AvgIpc) is 2.90. The number of alkyl halides is 4. The number of amides is 1. The zero-order valence-corrected chi connectivity index (χ0v) is 22.1. The van der Waals surface area contributed by atoms with Gasteiger partial charge in [0.1, 0.15) is 5.56 Å². The molecule has 10 nitrogen and oxygen atoms in total. The highest BCUT2D eigenvalue weighted by molar-refractivity contribution is 5.98. The van der Waals surface area contributed by atoms with Gasteiger partial charge in [-0.2, -0.15) is 22.5 Å². The summed E-state index contributed by atoms with van der Waals surface area (Å²) in [5.74, 6) is 0.0666. The molecule has 1 saturated carbocycles. The molecule has 1 amide bonds. The van der Waals surface area contributed by atoms with E-state index in [4.69, 9.17) is 0 Å². The molecule has 0 unspecified atom stereocenters. The maximum absolute atomic E-state index is 13.2. The van der Waals surface area contributed by atoms with Crippen LogP contribution in [0.5, 0.6) is 0 Å². The Balaban J connectivity index is 1.61. The van der Waals surface area contributed by atoms with E-state index in [-0.39, 0.29) is 54.5 Å². The van der Waals surface area contributed by atoms with Crippen LogP contribution in [-0.4, -0.2) is 96.4 Å². The van der Waals surface area contributed by atoms with Crippen molar-refractivity contribution in [3.8, 4) is 0 Å². The predicted molar refractivity (Wildman–Crippen MR) is 137 cm³/mol. The smallest absolute Gasteiger partial charge is 0.345 e. The topological polar surface area (TPSA) is 121 Å². The van der Waals surface area contributed by atoms with E-state index < -0.39 is 19.3 Å². The van der Waals surface area contributed by atoms with Crippen LogP contribution in [0.2, 0.25) is 0 Å². The van der Waals surface area contributed by atoms with Crippen LogP contribution >= 0.6 is 0 Å². The molecule has 3 rings (SSSR count). The number of aliphatic hydroxyl groups excluding tert-OH is 1. The second-order valence-corrected chi connectivity index (χ2v) is 9.99. The molecule has 1 aromatic rings. The number of hydrogen-bond acceptors (Lipinski definition) is 9. The fourth-order valence-electron chi connectivity index (χ4n) is 4.63. The van der Waals surface area contributed by atoms with Crippen LogP contribution in [0.25, 0.3) is 0 Å². The monoisotopic (exact) mass is 562 g/mol. The molecular formula is C25H38F4N6O4. The van der Waals surface area contributed by atoms with Gasteiger partial charge in [0.05, 0.1) is 19.3 Å². The van der Waals surface area contributed by atoms with Gasteiger partial charge >= 0.3 is 13.2 Å². The second-order valence-electron chi connectivity index (χ2n) is 9.99. The van der Waals surface area contributed by atoms with Gasteiger partial charge < -0.3 is 30.1 Å². The summed E-state index contributed by atoms with van der Waals surface area (Å²) in [6, 6.07) is -0.588. The molecule has 2 fully saturated rings. The zero-order chi connectivity index (χ0) is 28.2. The van der Waals surface area contributed by atoms with Crippen molar-refractivity contribution >= 4 is 23.9 Å². The van der Waals surface area contributed by atoms with E-state index in [1.807, 2.05) is 0 Å². The molecule has 3 N–H and O–H groups in total. The minimum atomic E-state index is -2.89. The molecule has 1 atom stereocenters. The minimum Gasteiger partial charge on any atom is -0.393 e. The molecule has 2 aliphatic rings. The highest BCUT2D eigenvalue weighted by Gasteiger charge is 2.24. The number of carbonyl (C=O) groups is 1. The van der Waals surface area contributed by atoms with Gasteiger partial charge in [-0.15, -0.1) is 0 Å². The summed E-state index contributed by atoms with van der Waals surface area (Å²) in [5, 5.41) is 15.7. The Hall–Kier alpha value is -2.42. The molecule has 0 radical (unpaired) electrons. The van der Waals surface area contributed by atoms with Crippen molar-refractivity contribution in [2.75, 3.05) is 38.2 Å². The molecule has 0 bridgehead atoms. The Morgan fingerprint density at radius 1 is 1.15 bits per heavy atom. The summed E-state index contributed by atoms with van der Waals surface area (Å²) in [7, 11) is 0. The van der Waals surface area contributed by atoms with Crippen molar-refractivity contribution in [3.05, 3.63) is 11.8 Å². The summed E-state index contributed by atoms with van der Waals surface area (Å²) in [6.07, 6.45) is 7.62. The SMILES string of the molecule is C[C@@H](COC(F)F)Nc1ncc(C(=O)NC2CCN(CCCOC(F)F)CC2)c(N=CC2CCC(O)CC2)n1. The van der Waals surface area contributed by atoms with Crippen molar-refractivity contribution in [1.29, 1.82) is 0 Å². The van der Waals surface area contributed by atoms with Crippen molar-refractivity contribution in [1.82, 2.24) is 20.2 Å². The van der Waals surface area contributed by atoms with Gasteiger partial charge in [-0.3, -0.25) is 4.79 Å². The number of anilines is 1. The summed E-state index contributed by atoms with van der Waals surface area (Å²) < 4.78 is 57.5. The molecule has 1 saturated heterocycles. The molecule has 2 heterocycles. The fourth-order valence-corrected chi connectivity index (χ4v) is 4.63. The third-order valence-corrected chi connectivity index (χ3v) is 6.80. The number of aromatic nitrogens is 2. The fraction of sp³-hybridized carbons (Fsp3) is 0.760. The van der Waals surface area contributed by atoms with Crippen LogP contribution in [0.4, 0.5) is 29.3 Å². The Morgan fingerprint density at radius 3 is 2.51 bits per heavy atom. The Morgan fingerprint density at radius 2 is 1.85 bits per heavy atom. The lowest BCUT2D eigenvalue weighted by Gasteiger charge is -2.32. The normalized spacial score (nSPS) is 22.1. The zero-order valence-electron chi connectivity index (χ0n) is 22.1. The third-order valence-electron chi connectivity index (χ3n) is 6.80. The van der Waals surface area contributed by atoms with Gasteiger partial charge in [-0.1, -0.05) is 0 Å². The second kappa shape index (κ2) is 16.0. The number of ether oxygens (including phenoxy) is 2. The Bertz CT molecular complexity index is 913. The number of piperidine rings is 1. The Labute approximate surface area is 225 Å². The van der Waals surface area contributed by atoms with Crippen LogP contribution in [0.1, 0.15) is 62.2 Å². The van der Waals surface area contributed by atoms with Crippen molar-refractivity contribution in [3.63, 3.8) is 0 Å². The van der Waals surface area contributed by atoms with E-state index in [2.05, 4.69) is 40.0 Å². The summed E-state index contributed by atoms with van der Waals surface area (Å²) in [4.78, 5) is 28.4. The van der Waals surface area contributed by atoms with Gasteiger partial charge in [0.2, 0.25) is 5.95 Å². The van der Waals surface area contributed by atoms with E-state index in [0.717, 1.165) is 25.9 Å². The number of halogens is 4. The van der Waals surface area contributed by atoms with Gasteiger partial charge in [0, 0.05) is 44.1 Å². The molecule has 1 aliphatic carbocycles. The van der Waals surface area contributed by atoms with Crippen LogP contribution < -0.4 is 10.6 Å². The molecule has 1 aliphatic heterocycles. The number of nitrogens with zero attached hydrogens (tertiary/aromatic N) is 4. The number of likely N-dealkylation sites (tertiary alicyclic amines) is 1. The third kappa shape index (κ3) is 11.3. The Kier molecular flexibility index (Phi) is 12.8. The van der Waals surface area contributed by atoms with E-state index in [0.29, 0.717) is 38.6 Å². The number of aliphatic hydroxyl groups is 1. The average molecular weight is 563 g/mol. The lowest BCUT2D eigenvalue weighted by atomic mass is 9.88. The summed E-state index contributed by atoms with van der Waals surface area (Å²) >= 11 is 0. The molecular weight excluding hydrogens is 524 g/mol. The van der Waals surface area contributed by atoms with Crippen LogP contribution in [-0.2, 0) is 9.47 Å². The van der Waals surface area contributed by atoms with Crippen LogP contribution in [0, 0.1) is 5.92 Å². The maximum atomic E-state index is 13.2. The molecule has 1 aromatic heterocycles. The first-order chi connectivity index (χ1) is 18.7. The first kappa shape index (κ1) is 31.1. The van der Waals surface area contributed by atoms with Gasteiger partial charge in [0.25, 0.3) is 5.91 Å². The summed E-state index contributed by atoms with van der Waals surface area (Å²) in [6.45, 7) is -2.18. The molecule has 39 heavy (non-hydrogen) atoms. The maximum Gasteiger partial charge on any atom is 0.345 e. The number of hydrogen-bond donors (Lipinski definition) is 3. The highest BCUT2D eigenvalue weighted by atomic mass is 19.3. The van der Waals surface area contributed by atoms with Gasteiger partial charge in [-0.05, 0) is 57.8 Å². The van der Waals surface area contributed by atoms with E-state index in [9.17, 15) is 27.5 Å². The van der Waals surface area contributed by atoms with Gasteiger partial charge in [-0.25, -0.2) is 9.98 Å². The molecule has 14 heteroatoms. The predicted octanol–water partition coefficient (Wildman–Crippen LogP) is 3.59. The van der Waals surface area contributed by atoms with Crippen LogP contribution in [0.3, 0.4) is 0 Å². The standard InChI is InChI=1S/C25H38F4N6O4/c1-16(15-39-24(28)29)32-25-31-14-20(21(34-25)30-13-17-3-5-19(36)6-4-17)22(37)33-18-7-10-35(11-8-18)9-2-12-38-23(26)27/h13-14,16-19,23-24,36H,2-12,15H2,1H3,(H,33,37)(H,31,32,34)/t16-,17?,19?/m0/s1. The van der Waals surface area contributed by atoms with Crippen LogP contribution in [0.15, 0.2) is 11.2 Å². The lowest BCUT2D eigenvalue weighted by molar-refractivity contribution is -0.130. The largest absolute Gasteiger partial charge is 0.393 e. The van der Waals surface area contributed by atoms with E-state index >= 15 is 0 Å². The molecule has 220 valence electrons. The van der Waals surface area contributed by atoms with Crippen molar-refractivity contribution < 1.29 is 36.9 Å². The highest BCUT2D eigenvalue weighted by Crippen LogP contribution is 2.25. The van der Waals surface area contributed by atoms with Gasteiger partial charge in [0.15, 0.2) is 5.82 Å². The number of rotatable bonds is 14. The first-order valence-corrected chi connectivity index (χ1v) is 13.4. The lowest BCUT2D eigenvalue weighted by Crippen LogP contribution is -2.45. The molecule has 0 spiro atoms. The van der Waals surface area contributed by atoms with E-state index in [1.54, 1.807) is 13.1 Å². The van der Waals surface area contributed by atoms with E-state index in [1.165, 1.54) is 6.20 Å². The first-order valence-electron chi connectivity index (χ1n) is 13.4. The van der Waals surface area contributed by atoms with Crippen molar-refractivity contribution in [2.45, 2.75) is 83.3 Å². The minimum absolute atomic E-state index is 0.00192. The number of nitrogens with one attached hydrogen (secondary N) is 2. The quantitative estimate of drug-likeness (QED) is 0.179. The number of carbonyl (C=O) groups excluding carboxylic acids is 1. The number of aliphatic imine (C=N–C) groups is 1. The molecule has 0 aromatic carbocycles. The summed E-state index contributed by atoms with van der Waals surface area (Å²) in [5.41, 5.74) is 0.190.